The number of hydrogen-bond donors (Lipinski definition) is 1. The summed E-state index contributed by atoms with van der Waals surface area (Å²) in [6.45, 7) is 14.3. The fraction of sp³-hybridized carbons (Fsp3) is 0.733. The van der Waals surface area contributed by atoms with E-state index in [2.05, 4.69) is 18.8 Å². The molecule has 1 aromatic heterocycles. The van der Waals surface area contributed by atoms with Crippen molar-refractivity contribution >= 4 is 5.82 Å². The van der Waals surface area contributed by atoms with E-state index in [0.717, 1.165) is 13.1 Å². The third kappa shape index (κ3) is 3.82. The standard InChI is InChI=1S/C15H28N4O/c1-7-18(11-15(5,6)10-16)12-13(20)19(9-8-17-12)14(2,3)4/h8-9H,7,10-11,16H2,1-6H3. The van der Waals surface area contributed by atoms with Crippen molar-refractivity contribution in [2.45, 2.75) is 47.1 Å². The highest BCUT2D eigenvalue weighted by molar-refractivity contribution is 5.36. The van der Waals surface area contributed by atoms with Crippen LogP contribution in [0.3, 0.4) is 0 Å². The van der Waals surface area contributed by atoms with E-state index in [1.165, 1.54) is 0 Å². The van der Waals surface area contributed by atoms with Gasteiger partial charge >= 0.3 is 0 Å². The molecule has 0 saturated heterocycles. The second kappa shape index (κ2) is 5.95. The lowest BCUT2D eigenvalue weighted by Gasteiger charge is -2.32. The van der Waals surface area contributed by atoms with Crippen molar-refractivity contribution in [3.05, 3.63) is 22.7 Å². The summed E-state index contributed by atoms with van der Waals surface area (Å²) >= 11 is 0. The molecule has 5 nitrogen and oxygen atoms in total. The highest BCUT2D eigenvalue weighted by Crippen LogP contribution is 2.18. The van der Waals surface area contributed by atoms with Gasteiger partial charge in [0, 0.05) is 31.0 Å². The van der Waals surface area contributed by atoms with Gasteiger partial charge in [-0.15, -0.1) is 0 Å². The molecule has 0 saturated carbocycles. The Morgan fingerprint density at radius 2 is 1.90 bits per heavy atom. The average molecular weight is 280 g/mol. The van der Waals surface area contributed by atoms with Gasteiger partial charge in [-0.1, -0.05) is 13.8 Å². The molecule has 0 fully saturated rings. The molecule has 0 aliphatic rings. The van der Waals surface area contributed by atoms with E-state index < -0.39 is 0 Å². The van der Waals surface area contributed by atoms with Crippen molar-refractivity contribution < 1.29 is 0 Å². The van der Waals surface area contributed by atoms with Gasteiger partial charge in [-0.25, -0.2) is 4.98 Å². The first-order valence-electron chi connectivity index (χ1n) is 7.15. The predicted molar refractivity (Wildman–Crippen MR) is 84.2 cm³/mol. The minimum absolute atomic E-state index is 0.0466. The monoisotopic (exact) mass is 280 g/mol. The van der Waals surface area contributed by atoms with E-state index in [1.807, 2.05) is 32.6 Å². The van der Waals surface area contributed by atoms with Crippen molar-refractivity contribution in [2.24, 2.45) is 11.1 Å². The number of rotatable bonds is 5. The molecular weight excluding hydrogens is 252 g/mol. The van der Waals surface area contributed by atoms with Crippen molar-refractivity contribution in [3.63, 3.8) is 0 Å². The van der Waals surface area contributed by atoms with Crippen LogP contribution in [0, 0.1) is 5.41 Å². The first-order valence-corrected chi connectivity index (χ1v) is 7.15. The van der Waals surface area contributed by atoms with Gasteiger partial charge in [0.2, 0.25) is 0 Å². The molecule has 0 bridgehead atoms. The molecule has 0 amide bonds. The van der Waals surface area contributed by atoms with E-state index in [4.69, 9.17) is 5.73 Å². The van der Waals surface area contributed by atoms with Gasteiger partial charge in [-0.2, -0.15) is 0 Å². The number of nitrogens with zero attached hydrogens (tertiary/aromatic N) is 3. The number of aromatic nitrogens is 2. The highest BCUT2D eigenvalue weighted by Gasteiger charge is 2.24. The molecule has 0 unspecified atom stereocenters. The van der Waals surface area contributed by atoms with Gasteiger partial charge in [0.1, 0.15) is 0 Å². The Hall–Kier alpha value is -1.36. The molecule has 0 aromatic carbocycles. The summed E-state index contributed by atoms with van der Waals surface area (Å²) in [7, 11) is 0. The number of anilines is 1. The molecule has 114 valence electrons. The summed E-state index contributed by atoms with van der Waals surface area (Å²) in [4.78, 5) is 18.9. The van der Waals surface area contributed by atoms with Crippen LogP contribution < -0.4 is 16.2 Å². The van der Waals surface area contributed by atoms with Crippen LogP contribution in [0.2, 0.25) is 0 Å². The number of nitrogens with two attached hydrogens (primary N) is 1. The molecular formula is C15H28N4O. The normalized spacial score (nSPS) is 12.6. The van der Waals surface area contributed by atoms with E-state index in [0.29, 0.717) is 12.4 Å². The Morgan fingerprint density at radius 3 is 2.35 bits per heavy atom. The van der Waals surface area contributed by atoms with Crippen LogP contribution in [0.15, 0.2) is 17.2 Å². The molecule has 1 heterocycles. The molecule has 5 heteroatoms. The largest absolute Gasteiger partial charge is 0.352 e. The van der Waals surface area contributed by atoms with Crippen LogP contribution in [0.4, 0.5) is 5.82 Å². The summed E-state index contributed by atoms with van der Waals surface area (Å²) in [6, 6.07) is 0. The molecule has 0 radical (unpaired) electrons. The smallest absolute Gasteiger partial charge is 0.293 e. The van der Waals surface area contributed by atoms with Crippen LogP contribution in [-0.2, 0) is 5.54 Å². The van der Waals surface area contributed by atoms with Gasteiger partial charge in [-0.3, -0.25) is 4.79 Å². The van der Waals surface area contributed by atoms with Gasteiger partial charge in [-0.05, 0) is 39.7 Å². The third-order valence-corrected chi connectivity index (χ3v) is 3.40. The maximum absolute atomic E-state index is 12.6. The zero-order chi connectivity index (χ0) is 15.6. The van der Waals surface area contributed by atoms with Crippen molar-refractivity contribution in [2.75, 3.05) is 24.5 Å². The topological polar surface area (TPSA) is 64.2 Å². The minimum Gasteiger partial charge on any atom is -0.352 e. The average Bonchev–Trinajstić information content (AvgIpc) is 2.35. The summed E-state index contributed by atoms with van der Waals surface area (Å²) in [5, 5.41) is 0. The Morgan fingerprint density at radius 1 is 1.30 bits per heavy atom. The third-order valence-electron chi connectivity index (χ3n) is 3.40. The molecule has 1 aromatic rings. The first kappa shape index (κ1) is 16.7. The molecule has 0 aliphatic carbocycles. The van der Waals surface area contributed by atoms with Gasteiger partial charge in [0.25, 0.3) is 5.56 Å². The summed E-state index contributed by atoms with van der Waals surface area (Å²) in [5.41, 5.74) is 5.45. The molecule has 0 spiro atoms. The second-order valence-corrected chi connectivity index (χ2v) is 6.98. The second-order valence-electron chi connectivity index (χ2n) is 6.98. The van der Waals surface area contributed by atoms with E-state index >= 15 is 0 Å². The summed E-state index contributed by atoms with van der Waals surface area (Å²) < 4.78 is 1.73. The predicted octanol–water partition coefficient (Wildman–Crippen LogP) is 1.81. The van der Waals surface area contributed by atoms with E-state index in [9.17, 15) is 4.79 Å². The van der Waals surface area contributed by atoms with Crippen molar-refractivity contribution in [1.29, 1.82) is 0 Å². The first-order chi connectivity index (χ1) is 9.12. The summed E-state index contributed by atoms with van der Waals surface area (Å²) in [5.74, 6) is 0.506. The van der Waals surface area contributed by atoms with Crippen molar-refractivity contribution in [1.82, 2.24) is 9.55 Å². The lowest BCUT2D eigenvalue weighted by atomic mass is 9.93. The van der Waals surface area contributed by atoms with Gasteiger partial charge < -0.3 is 15.2 Å². The van der Waals surface area contributed by atoms with Gasteiger partial charge in [0.05, 0.1) is 0 Å². The number of hydrogen-bond acceptors (Lipinski definition) is 4. The molecule has 0 atom stereocenters. The lowest BCUT2D eigenvalue weighted by Crippen LogP contribution is -2.44. The molecule has 2 N–H and O–H groups in total. The van der Waals surface area contributed by atoms with Gasteiger partial charge in [0.15, 0.2) is 5.82 Å². The molecule has 1 rings (SSSR count). The lowest BCUT2D eigenvalue weighted by molar-refractivity contribution is 0.369. The SMILES string of the molecule is CCN(CC(C)(C)CN)c1nccn(C(C)(C)C)c1=O. The van der Waals surface area contributed by atoms with Crippen LogP contribution >= 0.6 is 0 Å². The molecule has 20 heavy (non-hydrogen) atoms. The fourth-order valence-corrected chi connectivity index (χ4v) is 2.06. The molecule has 0 aliphatic heterocycles. The van der Waals surface area contributed by atoms with Crippen molar-refractivity contribution in [3.8, 4) is 0 Å². The zero-order valence-corrected chi connectivity index (χ0v) is 13.6. The highest BCUT2D eigenvalue weighted by atomic mass is 16.1. The van der Waals surface area contributed by atoms with Crippen LogP contribution in [0.25, 0.3) is 0 Å². The Balaban J connectivity index is 3.21. The quantitative estimate of drug-likeness (QED) is 0.893. The Labute approximate surface area is 121 Å². The fourth-order valence-electron chi connectivity index (χ4n) is 2.06. The van der Waals surface area contributed by atoms with E-state index in [-0.39, 0.29) is 16.5 Å². The maximum atomic E-state index is 12.6. The minimum atomic E-state index is -0.252. The van der Waals surface area contributed by atoms with Crippen LogP contribution in [0.1, 0.15) is 41.5 Å². The Kier molecular flexibility index (Phi) is 4.97. The summed E-state index contributed by atoms with van der Waals surface area (Å²) in [6.07, 6.45) is 3.44. The maximum Gasteiger partial charge on any atom is 0.293 e. The van der Waals surface area contributed by atoms with Crippen LogP contribution in [0.5, 0.6) is 0 Å². The Bertz CT molecular complexity index is 499. The zero-order valence-electron chi connectivity index (χ0n) is 13.6. The van der Waals surface area contributed by atoms with E-state index in [1.54, 1.807) is 17.0 Å². The van der Waals surface area contributed by atoms with Crippen LogP contribution in [-0.4, -0.2) is 29.2 Å².